The summed E-state index contributed by atoms with van der Waals surface area (Å²) in [5.41, 5.74) is 19.8. The molecule has 15 rings (SSSR count). The van der Waals surface area contributed by atoms with Gasteiger partial charge in [-0.3, -0.25) is 4.57 Å². The summed E-state index contributed by atoms with van der Waals surface area (Å²) in [6.45, 7) is 4.72. The van der Waals surface area contributed by atoms with Crippen molar-refractivity contribution < 1.29 is 0 Å². The zero-order valence-electron chi connectivity index (χ0n) is 42.2. The van der Waals surface area contributed by atoms with E-state index in [0.717, 1.165) is 44.8 Å². The molecule has 0 aliphatic heterocycles. The smallest absolute Gasteiger partial charge is 0.162 e. The van der Waals surface area contributed by atoms with Gasteiger partial charge in [0.2, 0.25) is 0 Å². The number of benzene rings is 12. The number of hydrogen-bond donors (Lipinski definition) is 0. The largest absolute Gasteiger partial charge is 0.294 e. The molecule has 0 atom stereocenters. The second-order valence-electron chi connectivity index (χ2n) is 20.9. The highest BCUT2D eigenvalue weighted by Gasteiger charge is 2.35. The van der Waals surface area contributed by atoms with Crippen molar-refractivity contribution in [1.82, 2.24) is 14.5 Å². The number of rotatable bonds is 7. The summed E-state index contributed by atoms with van der Waals surface area (Å²) < 4.78 is 2.38. The molecule has 0 N–H and O–H groups in total. The van der Waals surface area contributed by atoms with Crippen LogP contribution in [-0.2, 0) is 5.41 Å². The first-order chi connectivity index (χ1) is 37.4. The van der Waals surface area contributed by atoms with E-state index in [1.54, 1.807) is 0 Å². The minimum atomic E-state index is -0.0848. The monoisotopic (exact) mass is 967 g/mol. The predicted octanol–water partition coefficient (Wildman–Crippen LogP) is 19.3. The zero-order chi connectivity index (χ0) is 50.5. The number of nitrogens with zero attached hydrogens (tertiary/aromatic N) is 3. The zero-order valence-corrected chi connectivity index (χ0v) is 42.2. The van der Waals surface area contributed by atoms with Gasteiger partial charge in [-0.15, -0.1) is 0 Å². The number of fused-ring (bicyclic) bond motifs is 12. The highest BCUT2D eigenvalue weighted by molar-refractivity contribution is 6.29. The van der Waals surface area contributed by atoms with E-state index < -0.39 is 0 Å². The molecule has 0 bridgehead atoms. The highest BCUT2D eigenvalue weighted by Crippen LogP contribution is 2.50. The SMILES string of the molecule is CC1(C)c2ccccc2-c2ccc(-c3ccc4c(c3)c3ccccc3c3cc5c6cc(-c7ccccc7)ccc6n(-c6cc(-c7ccc(-c8ccccc8)cc7)nc(-c7ccc(-c8ccccc8)cc7)n6)c5cc43)cc21. The van der Waals surface area contributed by atoms with Gasteiger partial charge in [0, 0.05) is 33.4 Å². The van der Waals surface area contributed by atoms with Crippen molar-refractivity contribution in [3.8, 4) is 84.1 Å². The topological polar surface area (TPSA) is 30.7 Å². The molecule has 2 aromatic heterocycles. The van der Waals surface area contributed by atoms with E-state index in [2.05, 4.69) is 279 Å². The Labute approximate surface area is 441 Å². The Balaban J connectivity index is 0.965. The molecule has 0 fully saturated rings. The molecule has 1 aliphatic carbocycles. The first-order valence-electron chi connectivity index (χ1n) is 26.3. The van der Waals surface area contributed by atoms with Crippen molar-refractivity contribution in [2.75, 3.05) is 0 Å². The predicted molar refractivity (Wildman–Crippen MR) is 319 cm³/mol. The third kappa shape index (κ3) is 7.04. The van der Waals surface area contributed by atoms with Gasteiger partial charge in [-0.25, -0.2) is 9.97 Å². The van der Waals surface area contributed by atoms with E-state index in [0.29, 0.717) is 5.82 Å². The molecular weight excluding hydrogens is 919 g/mol. The van der Waals surface area contributed by atoms with Gasteiger partial charge in [-0.1, -0.05) is 232 Å². The first kappa shape index (κ1) is 43.8. The standard InChI is InChI=1S/C73H49N3/c1-73(2)66-25-15-14-24-59(66)60-38-35-55(42-67(60)73)54-34-37-58-61(40-54)56-22-12-13-23-57(56)62-43-65-64-41-53(48-20-10-5-11-21-48)36-39-69(64)76(70(65)44-63(58)62)71-45-68(51-30-26-49(27-31-51)46-16-6-3-7-17-46)74-72(75-71)52-32-28-50(29-33-52)47-18-8-4-9-19-47/h3-45H,1-2H3. The molecule has 76 heavy (non-hydrogen) atoms. The fourth-order valence-corrected chi connectivity index (χ4v) is 12.3. The van der Waals surface area contributed by atoms with Crippen LogP contribution in [0.25, 0.3) is 138 Å². The first-order valence-corrected chi connectivity index (χ1v) is 26.3. The third-order valence-corrected chi connectivity index (χ3v) is 16.2. The molecule has 0 unspecified atom stereocenters. The van der Waals surface area contributed by atoms with E-state index in [1.807, 2.05) is 0 Å². The average Bonchev–Trinajstić information content (AvgIpc) is 4.06. The Hall–Kier alpha value is -9.70. The lowest BCUT2D eigenvalue weighted by Crippen LogP contribution is -2.14. The summed E-state index contributed by atoms with van der Waals surface area (Å²) in [7, 11) is 0. The van der Waals surface area contributed by atoms with Crippen molar-refractivity contribution >= 4 is 54.1 Å². The van der Waals surface area contributed by atoms with E-state index in [1.165, 1.54) is 98.7 Å². The minimum absolute atomic E-state index is 0.0848. The van der Waals surface area contributed by atoms with Crippen LogP contribution < -0.4 is 0 Å². The third-order valence-electron chi connectivity index (χ3n) is 16.2. The van der Waals surface area contributed by atoms with Crippen molar-refractivity contribution in [2.24, 2.45) is 0 Å². The fraction of sp³-hybridized carbons (Fsp3) is 0.0411. The molecule has 0 spiro atoms. The maximum Gasteiger partial charge on any atom is 0.162 e. The average molecular weight is 968 g/mol. The molecule has 0 radical (unpaired) electrons. The number of aromatic nitrogens is 3. The Morgan fingerprint density at radius 3 is 1.41 bits per heavy atom. The van der Waals surface area contributed by atoms with Crippen molar-refractivity contribution in [3.63, 3.8) is 0 Å². The maximum absolute atomic E-state index is 5.56. The molecule has 0 saturated carbocycles. The van der Waals surface area contributed by atoms with Gasteiger partial charge < -0.3 is 0 Å². The molecular formula is C73H49N3. The summed E-state index contributed by atoms with van der Waals surface area (Å²) in [6, 6.07) is 95.2. The Kier molecular flexibility index (Phi) is 9.92. The van der Waals surface area contributed by atoms with Gasteiger partial charge in [0.25, 0.3) is 0 Å². The maximum atomic E-state index is 5.56. The summed E-state index contributed by atoms with van der Waals surface area (Å²) >= 11 is 0. The summed E-state index contributed by atoms with van der Waals surface area (Å²) in [4.78, 5) is 10.9. The van der Waals surface area contributed by atoms with Crippen LogP contribution in [0.1, 0.15) is 25.0 Å². The molecule has 356 valence electrons. The molecule has 2 heterocycles. The fourth-order valence-electron chi connectivity index (χ4n) is 12.3. The van der Waals surface area contributed by atoms with E-state index in [9.17, 15) is 0 Å². The minimum Gasteiger partial charge on any atom is -0.294 e. The highest BCUT2D eigenvalue weighted by atomic mass is 15.1. The lowest BCUT2D eigenvalue weighted by atomic mass is 9.81. The Morgan fingerprint density at radius 1 is 0.276 bits per heavy atom. The van der Waals surface area contributed by atoms with Gasteiger partial charge in [0.15, 0.2) is 5.82 Å². The molecule has 3 nitrogen and oxygen atoms in total. The molecule has 0 saturated heterocycles. The van der Waals surface area contributed by atoms with Gasteiger partial charge in [-0.05, 0) is 135 Å². The van der Waals surface area contributed by atoms with Crippen LogP contribution in [0.5, 0.6) is 0 Å². The van der Waals surface area contributed by atoms with Crippen molar-refractivity contribution in [1.29, 1.82) is 0 Å². The molecule has 12 aromatic carbocycles. The van der Waals surface area contributed by atoms with Crippen LogP contribution in [0.4, 0.5) is 0 Å². The van der Waals surface area contributed by atoms with Gasteiger partial charge in [-0.2, -0.15) is 0 Å². The lowest BCUT2D eigenvalue weighted by Gasteiger charge is -2.22. The lowest BCUT2D eigenvalue weighted by molar-refractivity contribution is 0.660. The molecule has 0 amide bonds. The van der Waals surface area contributed by atoms with E-state index in [4.69, 9.17) is 9.97 Å². The van der Waals surface area contributed by atoms with E-state index >= 15 is 0 Å². The second-order valence-corrected chi connectivity index (χ2v) is 20.9. The Morgan fingerprint density at radius 2 is 0.724 bits per heavy atom. The quantitative estimate of drug-likeness (QED) is 0.149. The van der Waals surface area contributed by atoms with Crippen LogP contribution >= 0.6 is 0 Å². The summed E-state index contributed by atoms with van der Waals surface area (Å²) in [6.07, 6.45) is 0. The van der Waals surface area contributed by atoms with E-state index in [-0.39, 0.29) is 5.41 Å². The molecule has 1 aliphatic rings. The van der Waals surface area contributed by atoms with Gasteiger partial charge >= 0.3 is 0 Å². The van der Waals surface area contributed by atoms with Crippen LogP contribution in [0.2, 0.25) is 0 Å². The second kappa shape index (κ2) is 17.2. The van der Waals surface area contributed by atoms with Gasteiger partial charge in [0.05, 0.1) is 16.7 Å². The van der Waals surface area contributed by atoms with Gasteiger partial charge in [0.1, 0.15) is 5.82 Å². The van der Waals surface area contributed by atoms with Crippen molar-refractivity contribution in [2.45, 2.75) is 19.3 Å². The molecule has 3 heteroatoms. The van der Waals surface area contributed by atoms with Crippen LogP contribution in [0.15, 0.2) is 261 Å². The van der Waals surface area contributed by atoms with Crippen molar-refractivity contribution in [3.05, 3.63) is 272 Å². The summed E-state index contributed by atoms with van der Waals surface area (Å²) in [5, 5.41) is 9.70. The van der Waals surface area contributed by atoms with Crippen LogP contribution in [0, 0.1) is 0 Å². The number of hydrogen-bond acceptors (Lipinski definition) is 2. The Bertz CT molecular complexity index is 4510. The van der Waals surface area contributed by atoms with Crippen LogP contribution in [-0.4, -0.2) is 14.5 Å². The normalized spacial score (nSPS) is 12.7. The summed E-state index contributed by atoms with van der Waals surface area (Å²) in [5.74, 6) is 1.47. The van der Waals surface area contributed by atoms with Crippen LogP contribution in [0.3, 0.4) is 0 Å². The molecule has 14 aromatic rings.